The summed E-state index contributed by atoms with van der Waals surface area (Å²) in [6, 6.07) is 0. The van der Waals surface area contributed by atoms with Crippen LogP contribution in [0, 0.1) is 0 Å². The van der Waals surface area contributed by atoms with Crippen molar-refractivity contribution in [2.24, 2.45) is 0 Å². The van der Waals surface area contributed by atoms with Crippen LogP contribution in [0.4, 0.5) is 0 Å². The van der Waals surface area contributed by atoms with E-state index in [9.17, 15) is 5.11 Å². The van der Waals surface area contributed by atoms with Crippen molar-refractivity contribution in [1.82, 2.24) is 9.80 Å². The van der Waals surface area contributed by atoms with Gasteiger partial charge in [0.15, 0.2) is 0 Å². The zero-order chi connectivity index (χ0) is 10.4. The molecule has 14 heavy (non-hydrogen) atoms. The molecule has 1 saturated heterocycles. The first kappa shape index (κ1) is 12.0. The molecule has 1 rings (SSSR count). The minimum Gasteiger partial charge on any atom is -0.392 e. The van der Waals surface area contributed by atoms with E-state index in [-0.39, 0.29) is 6.10 Å². The maximum Gasteiger partial charge on any atom is 0.0664 e. The summed E-state index contributed by atoms with van der Waals surface area (Å²) in [5, 5.41) is 9.57. The molecule has 1 atom stereocenters. The zero-order valence-electron chi connectivity index (χ0n) is 9.58. The van der Waals surface area contributed by atoms with Crippen LogP contribution in [0.2, 0.25) is 0 Å². The average Bonchev–Trinajstić information content (AvgIpc) is 2.43. The molecule has 0 saturated carbocycles. The Kier molecular flexibility index (Phi) is 5.45. The van der Waals surface area contributed by atoms with Crippen molar-refractivity contribution in [1.29, 1.82) is 0 Å². The predicted molar refractivity (Wildman–Crippen MR) is 59.5 cm³/mol. The molecule has 1 fully saturated rings. The third-order valence-electron chi connectivity index (χ3n) is 3.07. The maximum absolute atomic E-state index is 9.57. The fourth-order valence-corrected chi connectivity index (χ4v) is 1.95. The summed E-state index contributed by atoms with van der Waals surface area (Å²) in [4.78, 5) is 4.88. The Morgan fingerprint density at radius 2 is 1.71 bits per heavy atom. The molecule has 0 aromatic heterocycles. The molecule has 0 radical (unpaired) electrons. The Balaban J connectivity index is 2.27. The summed E-state index contributed by atoms with van der Waals surface area (Å²) >= 11 is 0. The first-order valence-electron chi connectivity index (χ1n) is 5.89. The van der Waals surface area contributed by atoms with Gasteiger partial charge in [0.1, 0.15) is 0 Å². The molecule has 0 amide bonds. The number of likely N-dealkylation sites (N-methyl/N-ethyl adjacent to an activating group) is 1. The van der Waals surface area contributed by atoms with Gasteiger partial charge in [0.25, 0.3) is 0 Å². The molecule has 1 aliphatic rings. The standard InChI is InChI=1S/C11H24N2O/c1-3-11(14)10-13-7-5-6-12(4-2)8-9-13/h11,14H,3-10H2,1-2H3. The summed E-state index contributed by atoms with van der Waals surface area (Å²) in [6.45, 7) is 10.9. The first-order valence-corrected chi connectivity index (χ1v) is 5.89. The lowest BCUT2D eigenvalue weighted by Gasteiger charge is -2.22. The van der Waals surface area contributed by atoms with Crippen LogP contribution in [0.1, 0.15) is 26.7 Å². The number of β-amino-alcohol motifs (C(OH)–C–C–N with tert-alkyl or cyclic N) is 1. The van der Waals surface area contributed by atoms with Gasteiger partial charge in [0, 0.05) is 19.6 Å². The highest BCUT2D eigenvalue weighted by Crippen LogP contribution is 2.04. The second-order valence-corrected chi connectivity index (χ2v) is 4.15. The highest BCUT2D eigenvalue weighted by molar-refractivity contribution is 4.70. The van der Waals surface area contributed by atoms with Crippen molar-refractivity contribution in [3.05, 3.63) is 0 Å². The molecule has 0 aromatic carbocycles. The largest absolute Gasteiger partial charge is 0.392 e. The van der Waals surface area contributed by atoms with E-state index in [0.717, 1.165) is 39.1 Å². The van der Waals surface area contributed by atoms with Gasteiger partial charge < -0.3 is 10.0 Å². The van der Waals surface area contributed by atoms with Crippen LogP contribution in [0.15, 0.2) is 0 Å². The van der Waals surface area contributed by atoms with Crippen molar-refractivity contribution < 1.29 is 5.11 Å². The highest BCUT2D eigenvalue weighted by Gasteiger charge is 2.15. The number of aliphatic hydroxyl groups is 1. The van der Waals surface area contributed by atoms with Gasteiger partial charge in [0.05, 0.1) is 6.10 Å². The minimum atomic E-state index is -0.136. The van der Waals surface area contributed by atoms with E-state index in [1.807, 2.05) is 6.92 Å². The van der Waals surface area contributed by atoms with Gasteiger partial charge >= 0.3 is 0 Å². The van der Waals surface area contributed by atoms with Crippen LogP contribution in [-0.2, 0) is 0 Å². The van der Waals surface area contributed by atoms with Crippen LogP contribution >= 0.6 is 0 Å². The Morgan fingerprint density at radius 3 is 2.36 bits per heavy atom. The highest BCUT2D eigenvalue weighted by atomic mass is 16.3. The third kappa shape index (κ3) is 3.95. The van der Waals surface area contributed by atoms with E-state index in [4.69, 9.17) is 0 Å². The molecule has 1 heterocycles. The van der Waals surface area contributed by atoms with Gasteiger partial charge in [-0.15, -0.1) is 0 Å². The summed E-state index contributed by atoms with van der Waals surface area (Å²) in [5.41, 5.74) is 0. The molecule has 1 unspecified atom stereocenters. The van der Waals surface area contributed by atoms with Gasteiger partial charge in [-0.05, 0) is 32.5 Å². The molecule has 3 nitrogen and oxygen atoms in total. The molecule has 84 valence electrons. The lowest BCUT2D eigenvalue weighted by molar-refractivity contribution is 0.111. The van der Waals surface area contributed by atoms with Gasteiger partial charge in [-0.1, -0.05) is 13.8 Å². The van der Waals surface area contributed by atoms with E-state index < -0.39 is 0 Å². The quantitative estimate of drug-likeness (QED) is 0.726. The van der Waals surface area contributed by atoms with Crippen molar-refractivity contribution in [2.75, 3.05) is 39.3 Å². The van der Waals surface area contributed by atoms with E-state index in [2.05, 4.69) is 16.7 Å². The van der Waals surface area contributed by atoms with Gasteiger partial charge in [-0.3, -0.25) is 4.90 Å². The lowest BCUT2D eigenvalue weighted by Crippen LogP contribution is -2.35. The van der Waals surface area contributed by atoms with Crippen molar-refractivity contribution in [2.45, 2.75) is 32.8 Å². The SMILES string of the molecule is CCC(O)CN1CCCN(CC)CC1. The van der Waals surface area contributed by atoms with Crippen LogP contribution in [-0.4, -0.2) is 60.3 Å². The van der Waals surface area contributed by atoms with Crippen molar-refractivity contribution >= 4 is 0 Å². The number of hydrogen-bond acceptors (Lipinski definition) is 3. The number of nitrogens with zero attached hydrogens (tertiary/aromatic N) is 2. The average molecular weight is 200 g/mol. The van der Waals surface area contributed by atoms with E-state index in [1.54, 1.807) is 0 Å². The summed E-state index contributed by atoms with van der Waals surface area (Å²) in [5.74, 6) is 0. The van der Waals surface area contributed by atoms with Crippen molar-refractivity contribution in [3.63, 3.8) is 0 Å². The van der Waals surface area contributed by atoms with E-state index in [0.29, 0.717) is 0 Å². The van der Waals surface area contributed by atoms with E-state index in [1.165, 1.54) is 13.0 Å². The van der Waals surface area contributed by atoms with Crippen LogP contribution < -0.4 is 0 Å². The topological polar surface area (TPSA) is 26.7 Å². The third-order valence-corrected chi connectivity index (χ3v) is 3.07. The zero-order valence-corrected chi connectivity index (χ0v) is 9.58. The normalized spacial score (nSPS) is 23.4. The monoisotopic (exact) mass is 200 g/mol. The molecule has 0 aliphatic carbocycles. The maximum atomic E-state index is 9.57. The fourth-order valence-electron chi connectivity index (χ4n) is 1.95. The molecule has 0 spiro atoms. The Morgan fingerprint density at radius 1 is 1.07 bits per heavy atom. The number of rotatable bonds is 4. The fraction of sp³-hybridized carbons (Fsp3) is 1.00. The summed E-state index contributed by atoms with van der Waals surface area (Å²) in [6.07, 6.45) is 1.97. The second kappa shape index (κ2) is 6.38. The van der Waals surface area contributed by atoms with Gasteiger partial charge in [-0.25, -0.2) is 0 Å². The lowest BCUT2D eigenvalue weighted by atomic mass is 10.2. The van der Waals surface area contributed by atoms with Gasteiger partial charge in [0.2, 0.25) is 0 Å². The Hall–Kier alpha value is -0.120. The van der Waals surface area contributed by atoms with Crippen molar-refractivity contribution in [3.8, 4) is 0 Å². The Bertz CT molecular complexity index is 152. The minimum absolute atomic E-state index is 0.136. The number of aliphatic hydroxyl groups excluding tert-OH is 1. The van der Waals surface area contributed by atoms with Crippen LogP contribution in [0.25, 0.3) is 0 Å². The predicted octanol–water partition coefficient (Wildman–Crippen LogP) is 0.785. The van der Waals surface area contributed by atoms with E-state index >= 15 is 0 Å². The Labute approximate surface area is 87.7 Å². The molecule has 0 aromatic rings. The molecule has 0 bridgehead atoms. The molecule has 3 heteroatoms. The molecular weight excluding hydrogens is 176 g/mol. The molecular formula is C11H24N2O. The first-order chi connectivity index (χ1) is 6.76. The second-order valence-electron chi connectivity index (χ2n) is 4.15. The van der Waals surface area contributed by atoms with Crippen LogP contribution in [0.5, 0.6) is 0 Å². The number of hydrogen-bond donors (Lipinski definition) is 1. The van der Waals surface area contributed by atoms with Crippen LogP contribution in [0.3, 0.4) is 0 Å². The van der Waals surface area contributed by atoms with Gasteiger partial charge in [-0.2, -0.15) is 0 Å². The summed E-state index contributed by atoms with van der Waals surface area (Å²) in [7, 11) is 0. The molecule has 1 aliphatic heterocycles. The summed E-state index contributed by atoms with van der Waals surface area (Å²) < 4.78 is 0. The smallest absolute Gasteiger partial charge is 0.0664 e. The molecule has 1 N–H and O–H groups in total.